The number of nitrogens with one attached hydrogen (secondary N) is 1. The van der Waals surface area contributed by atoms with Crippen LogP contribution in [0.1, 0.15) is 40.6 Å². The predicted octanol–water partition coefficient (Wildman–Crippen LogP) is 6.30. The van der Waals surface area contributed by atoms with Crippen LogP contribution in [0.4, 0.5) is 0 Å². The van der Waals surface area contributed by atoms with Crippen LogP contribution < -0.4 is 10.1 Å². The van der Waals surface area contributed by atoms with Crippen molar-refractivity contribution in [2.75, 3.05) is 13.7 Å². The highest BCUT2D eigenvalue weighted by atomic mass is 16.5. The molecule has 0 radical (unpaired) electrons. The predicted molar refractivity (Wildman–Crippen MR) is 143 cm³/mol. The first kappa shape index (κ1) is 24.6. The molecule has 5 rings (SSSR count). The summed E-state index contributed by atoms with van der Waals surface area (Å²) in [6.07, 6.45) is 7.54. The fraction of sp³-hybridized carbons (Fsp3) is 0.194. The number of methoxy groups -OCH3 is 1. The van der Waals surface area contributed by atoms with Crippen LogP contribution in [0, 0.1) is 0 Å². The smallest absolute Gasteiger partial charge is 0.337 e. The van der Waals surface area contributed by atoms with Crippen LogP contribution in [0.15, 0.2) is 108 Å². The molecule has 0 bridgehead atoms. The van der Waals surface area contributed by atoms with Gasteiger partial charge < -0.3 is 24.3 Å². The molecule has 4 aromatic rings. The summed E-state index contributed by atoms with van der Waals surface area (Å²) in [4.78, 5) is 11.8. The van der Waals surface area contributed by atoms with Gasteiger partial charge in [0.05, 0.1) is 12.7 Å². The number of aliphatic hydroxyl groups excluding tert-OH is 1. The number of ether oxygens (including phenoxy) is 2. The summed E-state index contributed by atoms with van der Waals surface area (Å²) in [6, 6.07) is 24.4. The topological polar surface area (TPSA) is 80.9 Å². The summed E-state index contributed by atoms with van der Waals surface area (Å²) in [7, 11) is 1.35. The molecule has 1 aliphatic carbocycles. The highest BCUT2D eigenvalue weighted by Crippen LogP contribution is 2.35. The van der Waals surface area contributed by atoms with E-state index in [9.17, 15) is 9.90 Å². The number of para-hydroxylation sites is 1. The number of aliphatic hydroxyl groups is 1. The van der Waals surface area contributed by atoms with Crippen molar-refractivity contribution in [2.24, 2.45) is 0 Å². The van der Waals surface area contributed by atoms with Crippen molar-refractivity contribution in [2.45, 2.75) is 24.5 Å². The Hall–Kier alpha value is -4.13. The van der Waals surface area contributed by atoms with Crippen molar-refractivity contribution in [1.29, 1.82) is 0 Å². The summed E-state index contributed by atoms with van der Waals surface area (Å²) in [5.41, 5.74) is 1.88. The third kappa shape index (κ3) is 5.35. The lowest BCUT2D eigenvalue weighted by Gasteiger charge is -2.37. The molecule has 1 aliphatic rings. The van der Waals surface area contributed by atoms with Crippen LogP contribution in [0.25, 0.3) is 11.0 Å². The maximum atomic E-state index is 11.8. The number of allylic oxidation sites excluding steroid dienone is 2. The third-order valence-electron chi connectivity index (χ3n) is 6.68. The number of esters is 1. The van der Waals surface area contributed by atoms with Gasteiger partial charge in [0.2, 0.25) is 0 Å². The summed E-state index contributed by atoms with van der Waals surface area (Å²) in [5.74, 6) is 1.40. The van der Waals surface area contributed by atoms with Gasteiger partial charge in [0.1, 0.15) is 28.9 Å². The van der Waals surface area contributed by atoms with Crippen LogP contribution in [-0.2, 0) is 4.74 Å². The Bertz CT molecular complexity index is 1420. The molecule has 0 saturated heterocycles. The Morgan fingerprint density at radius 2 is 1.84 bits per heavy atom. The molecule has 6 heteroatoms. The molecule has 0 amide bonds. The quantitative estimate of drug-likeness (QED) is 0.279. The number of hydrogen-bond donors (Lipinski definition) is 2. The second-order valence-corrected chi connectivity index (χ2v) is 9.28. The van der Waals surface area contributed by atoms with E-state index in [1.54, 1.807) is 24.3 Å². The lowest BCUT2D eigenvalue weighted by molar-refractivity contribution is 0.0600. The normalized spacial score (nSPS) is 19.6. The van der Waals surface area contributed by atoms with E-state index in [1.807, 2.05) is 66.7 Å². The lowest BCUT2D eigenvalue weighted by atomic mass is 9.77. The first-order chi connectivity index (χ1) is 17.9. The maximum absolute atomic E-state index is 11.8. The van der Waals surface area contributed by atoms with Crippen LogP contribution >= 0.6 is 0 Å². The molecule has 0 spiro atoms. The van der Waals surface area contributed by atoms with E-state index in [2.05, 4.69) is 24.4 Å². The molecule has 188 valence electrons. The zero-order valence-corrected chi connectivity index (χ0v) is 20.8. The van der Waals surface area contributed by atoms with Crippen LogP contribution in [0.3, 0.4) is 0 Å². The Morgan fingerprint density at radius 3 is 2.62 bits per heavy atom. The molecule has 2 N–H and O–H groups in total. The van der Waals surface area contributed by atoms with E-state index in [4.69, 9.17) is 13.9 Å². The minimum atomic E-state index is -0.777. The van der Waals surface area contributed by atoms with Gasteiger partial charge in [-0.05, 0) is 55.0 Å². The number of rotatable bonds is 8. The number of benzene rings is 3. The average molecular weight is 496 g/mol. The Labute approximate surface area is 215 Å². The Morgan fingerprint density at radius 1 is 1.03 bits per heavy atom. The highest BCUT2D eigenvalue weighted by Gasteiger charge is 2.33. The average Bonchev–Trinajstić information content (AvgIpc) is 3.37. The number of carbonyl (C=O) groups excluding carboxylic acids is 1. The molecular formula is C31H29NO5. The lowest BCUT2D eigenvalue weighted by Crippen LogP contribution is -2.47. The molecule has 0 saturated carbocycles. The number of β-amino-alcohol motifs (C(OH)–C–C–N with tert-alkyl or cyclic N) is 1. The van der Waals surface area contributed by atoms with E-state index in [0.29, 0.717) is 29.4 Å². The standard InChI is InChI=1S/C31H29NO5/c1-31(32-20-27(33)29-19-22-8-3-4-12-28(22)37-29)17-6-5-11-26(31)21-13-15-24(16-14-21)36-25-10-7-9-23(18-25)30(34)35-2/h3-19,26-27,32-33H,20H2,1-2H3. The van der Waals surface area contributed by atoms with E-state index in [1.165, 1.54) is 7.11 Å². The second-order valence-electron chi connectivity index (χ2n) is 9.28. The van der Waals surface area contributed by atoms with Crippen LogP contribution in [0.5, 0.6) is 11.5 Å². The third-order valence-corrected chi connectivity index (χ3v) is 6.68. The Kier molecular flexibility index (Phi) is 6.95. The summed E-state index contributed by atoms with van der Waals surface area (Å²) in [5, 5.41) is 15.3. The van der Waals surface area contributed by atoms with Gasteiger partial charge in [0, 0.05) is 23.4 Å². The van der Waals surface area contributed by atoms with Crippen LogP contribution in [-0.4, -0.2) is 30.3 Å². The van der Waals surface area contributed by atoms with E-state index in [0.717, 1.165) is 16.5 Å². The van der Waals surface area contributed by atoms with Gasteiger partial charge in [0.15, 0.2) is 0 Å². The molecule has 6 nitrogen and oxygen atoms in total. The molecular weight excluding hydrogens is 466 g/mol. The molecule has 3 aromatic carbocycles. The summed E-state index contributed by atoms with van der Waals surface area (Å²) in [6.45, 7) is 2.45. The molecule has 37 heavy (non-hydrogen) atoms. The molecule has 1 heterocycles. The fourth-order valence-corrected chi connectivity index (χ4v) is 4.63. The van der Waals surface area contributed by atoms with Gasteiger partial charge in [-0.25, -0.2) is 4.79 Å². The van der Waals surface area contributed by atoms with Crippen molar-refractivity contribution in [3.63, 3.8) is 0 Å². The first-order valence-electron chi connectivity index (χ1n) is 12.2. The van der Waals surface area contributed by atoms with Crippen LogP contribution in [0.2, 0.25) is 0 Å². The minimum Gasteiger partial charge on any atom is -0.465 e. The molecule has 3 atom stereocenters. The summed E-state index contributed by atoms with van der Waals surface area (Å²) >= 11 is 0. The number of fused-ring (bicyclic) bond motifs is 1. The first-order valence-corrected chi connectivity index (χ1v) is 12.2. The SMILES string of the molecule is COC(=O)c1cccc(Oc2ccc(C3C=CC=CC3(C)NCC(O)c3cc4ccccc4o3)cc2)c1. The van der Waals surface area contributed by atoms with Gasteiger partial charge in [-0.1, -0.05) is 60.7 Å². The van der Waals surface area contributed by atoms with Crippen molar-refractivity contribution < 1.29 is 23.8 Å². The van der Waals surface area contributed by atoms with E-state index >= 15 is 0 Å². The van der Waals surface area contributed by atoms with E-state index in [-0.39, 0.29) is 5.92 Å². The zero-order valence-electron chi connectivity index (χ0n) is 20.8. The van der Waals surface area contributed by atoms with Gasteiger partial charge in [0.25, 0.3) is 0 Å². The van der Waals surface area contributed by atoms with E-state index < -0.39 is 17.6 Å². The van der Waals surface area contributed by atoms with Crippen molar-refractivity contribution in [3.8, 4) is 11.5 Å². The maximum Gasteiger partial charge on any atom is 0.337 e. The number of furan rings is 1. The fourth-order valence-electron chi connectivity index (χ4n) is 4.63. The van der Waals surface area contributed by atoms with Crippen molar-refractivity contribution in [1.82, 2.24) is 5.32 Å². The number of hydrogen-bond acceptors (Lipinski definition) is 6. The van der Waals surface area contributed by atoms with Gasteiger partial charge in [-0.15, -0.1) is 0 Å². The molecule has 3 unspecified atom stereocenters. The van der Waals surface area contributed by atoms with Gasteiger partial charge >= 0.3 is 5.97 Å². The number of carbonyl (C=O) groups is 1. The second kappa shape index (κ2) is 10.5. The van der Waals surface area contributed by atoms with Gasteiger partial charge in [-0.3, -0.25) is 0 Å². The highest BCUT2D eigenvalue weighted by molar-refractivity contribution is 5.89. The monoisotopic (exact) mass is 495 g/mol. The Balaban J connectivity index is 1.28. The summed E-state index contributed by atoms with van der Waals surface area (Å²) < 4.78 is 16.6. The minimum absolute atomic E-state index is 0.0390. The molecule has 0 fully saturated rings. The van der Waals surface area contributed by atoms with Crippen molar-refractivity contribution >= 4 is 16.9 Å². The van der Waals surface area contributed by atoms with Gasteiger partial charge in [-0.2, -0.15) is 0 Å². The molecule has 0 aliphatic heterocycles. The zero-order chi connectivity index (χ0) is 25.8. The largest absolute Gasteiger partial charge is 0.465 e. The molecule has 1 aromatic heterocycles. The van der Waals surface area contributed by atoms with Crippen molar-refractivity contribution in [3.05, 3.63) is 120 Å².